The Morgan fingerprint density at radius 1 is 1.18 bits per heavy atom. The first-order chi connectivity index (χ1) is 8.09. The molecule has 17 heavy (non-hydrogen) atoms. The van der Waals surface area contributed by atoms with Crippen LogP contribution in [0.1, 0.15) is 15.9 Å². The van der Waals surface area contributed by atoms with Crippen molar-refractivity contribution in [1.29, 1.82) is 0 Å². The highest BCUT2D eigenvalue weighted by atomic mass is 35.5. The van der Waals surface area contributed by atoms with E-state index in [9.17, 15) is 4.79 Å². The molecule has 0 saturated carbocycles. The Morgan fingerprint density at radius 2 is 1.88 bits per heavy atom. The van der Waals surface area contributed by atoms with Gasteiger partial charge in [0.15, 0.2) is 0 Å². The molecular weight excluding hydrogens is 236 g/mol. The van der Waals surface area contributed by atoms with Crippen LogP contribution in [-0.4, -0.2) is 11.1 Å². The minimum Gasteiger partial charge on any atom is -0.478 e. The first-order valence-electron chi connectivity index (χ1n) is 5.18. The van der Waals surface area contributed by atoms with Gasteiger partial charge in [-0.05, 0) is 41.8 Å². The Morgan fingerprint density at radius 3 is 2.53 bits per heavy atom. The second-order valence-electron chi connectivity index (χ2n) is 3.79. The van der Waals surface area contributed by atoms with Crippen molar-refractivity contribution in [1.82, 2.24) is 0 Å². The van der Waals surface area contributed by atoms with E-state index >= 15 is 0 Å². The summed E-state index contributed by atoms with van der Waals surface area (Å²) in [7, 11) is 0. The van der Waals surface area contributed by atoms with Gasteiger partial charge in [-0.1, -0.05) is 35.9 Å². The number of carboxylic acids is 1. The highest BCUT2D eigenvalue weighted by Crippen LogP contribution is 2.27. The van der Waals surface area contributed by atoms with Gasteiger partial charge in [0.05, 0.1) is 5.56 Å². The molecule has 0 radical (unpaired) electrons. The Labute approximate surface area is 104 Å². The third-order valence-corrected chi connectivity index (χ3v) is 2.93. The first-order valence-corrected chi connectivity index (χ1v) is 5.56. The van der Waals surface area contributed by atoms with Crippen molar-refractivity contribution in [2.75, 3.05) is 0 Å². The highest BCUT2D eigenvalue weighted by Gasteiger charge is 2.11. The van der Waals surface area contributed by atoms with Crippen LogP contribution in [0.2, 0.25) is 5.02 Å². The monoisotopic (exact) mass is 246 g/mol. The second-order valence-corrected chi connectivity index (χ2v) is 4.23. The highest BCUT2D eigenvalue weighted by molar-refractivity contribution is 6.30. The summed E-state index contributed by atoms with van der Waals surface area (Å²) in [5.41, 5.74) is 2.90. The standard InChI is InChI=1S/C14H11ClO2/c1-9-12(6-3-7-13(9)14(16)17)10-4-2-5-11(15)8-10/h2-8H,1H3,(H,16,17). The molecule has 0 aliphatic carbocycles. The summed E-state index contributed by atoms with van der Waals surface area (Å²) >= 11 is 5.93. The molecule has 86 valence electrons. The lowest BCUT2D eigenvalue weighted by atomic mass is 9.96. The van der Waals surface area contributed by atoms with Gasteiger partial charge in [-0.3, -0.25) is 0 Å². The summed E-state index contributed by atoms with van der Waals surface area (Å²) in [4.78, 5) is 11.0. The van der Waals surface area contributed by atoms with Crippen molar-refractivity contribution in [2.24, 2.45) is 0 Å². The maximum Gasteiger partial charge on any atom is 0.335 e. The number of rotatable bonds is 2. The Kier molecular flexibility index (Phi) is 3.16. The fraction of sp³-hybridized carbons (Fsp3) is 0.0714. The van der Waals surface area contributed by atoms with Gasteiger partial charge in [0.2, 0.25) is 0 Å². The van der Waals surface area contributed by atoms with E-state index in [4.69, 9.17) is 16.7 Å². The van der Waals surface area contributed by atoms with E-state index in [0.29, 0.717) is 10.6 Å². The Bertz CT molecular complexity index is 576. The topological polar surface area (TPSA) is 37.3 Å². The maximum absolute atomic E-state index is 11.0. The van der Waals surface area contributed by atoms with Crippen LogP contribution >= 0.6 is 11.6 Å². The van der Waals surface area contributed by atoms with E-state index in [2.05, 4.69) is 0 Å². The molecule has 0 fully saturated rings. The van der Waals surface area contributed by atoms with Gasteiger partial charge in [0.25, 0.3) is 0 Å². The van der Waals surface area contributed by atoms with Gasteiger partial charge in [0, 0.05) is 5.02 Å². The van der Waals surface area contributed by atoms with Crippen LogP contribution in [0.5, 0.6) is 0 Å². The van der Waals surface area contributed by atoms with E-state index in [1.807, 2.05) is 24.3 Å². The molecule has 0 heterocycles. The molecule has 0 aliphatic rings. The van der Waals surface area contributed by atoms with Crippen molar-refractivity contribution in [2.45, 2.75) is 6.92 Å². The summed E-state index contributed by atoms with van der Waals surface area (Å²) in [6, 6.07) is 12.6. The minimum absolute atomic E-state index is 0.322. The molecule has 0 aliphatic heterocycles. The van der Waals surface area contributed by atoms with Gasteiger partial charge in [0.1, 0.15) is 0 Å². The molecule has 2 aromatic rings. The van der Waals surface area contributed by atoms with Gasteiger partial charge < -0.3 is 5.11 Å². The number of hydrogen-bond acceptors (Lipinski definition) is 1. The zero-order chi connectivity index (χ0) is 12.4. The third kappa shape index (κ3) is 2.32. The van der Waals surface area contributed by atoms with Crippen LogP contribution in [0, 0.1) is 6.92 Å². The molecule has 0 aromatic heterocycles. The maximum atomic E-state index is 11.0. The average molecular weight is 247 g/mol. The molecule has 3 heteroatoms. The number of carbonyl (C=O) groups is 1. The molecular formula is C14H11ClO2. The SMILES string of the molecule is Cc1c(C(=O)O)cccc1-c1cccc(Cl)c1. The van der Waals surface area contributed by atoms with Crippen molar-refractivity contribution in [3.63, 3.8) is 0 Å². The van der Waals surface area contributed by atoms with Gasteiger partial charge in [-0.2, -0.15) is 0 Å². The van der Waals surface area contributed by atoms with Crippen LogP contribution in [0.3, 0.4) is 0 Å². The van der Waals surface area contributed by atoms with E-state index in [1.54, 1.807) is 25.1 Å². The zero-order valence-electron chi connectivity index (χ0n) is 9.27. The summed E-state index contributed by atoms with van der Waals surface area (Å²) in [6.45, 7) is 1.81. The largest absolute Gasteiger partial charge is 0.478 e. The summed E-state index contributed by atoms with van der Waals surface area (Å²) in [6.07, 6.45) is 0. The second kappa shape index (κ2) is 4.60. The normalized spacial score (nSPS) is 10.2. The Balaban J connectivity index is 2.60. The van der Waals surface area contributed by atoms with Crippen molar-refractivity contribution >= 4 is 17.6 Å². The van der Waals surface area contributed by atoms with Crippen LogP contribution < -0.4 is 0 Å². The molecule has 0 unspecified atom stereocenters. The van der Waals surface area contributed by atoms with E-state index < -0.39 is 5.97 Å². The molecule has 0 bridgehead atoms. The number of hydrogen-bond donors (Lipinski definition) is 1. The van der Waals surface area contributed by atoms with Gasteiger partial charge in [-0.15, -0.1) is 0 Å². The summed E-state index contributed by atoms with van der Waals surface area (Å²) in [5.74, 6) is -0.911. The summed E-state index contributed by atoms with van der Waals surface area (Å²) < 4.78 is 0. The number of aromatic carboxylic acids is 1. The fourth-order valence-corrected chi connectivity index (χ4v) is 2.03. The molecule has 1 N–H and O–H groups in total. The lowest BCUT2D eigenvalue weighted by molar-refractivity contribution is 0.0696. The average Bonchev–Trinajstić information content (AvgIpc) is 2.29. The van der Waals surface area contributed by atoms with Gasteiger partial charge >= 0.3 is 5.97 Å². The van der Waals surface area contributed by atoms with Crippen molar-refractivity contribution < 1.29 is 9.90 Å². The van der Waals surface area contributed by atoms with Gasteiger partial charge in [-0.25, -0.2) is 4.79 Å². The van der Waals surface area contributed by atoms with E-state index in [1.165, 1.54) is 0 Å². The molecule has 0 spiro atoms. The van der Waals surface area contributed by atoms with Crippen LogP contribution in [0.4, 0.5) is 0 Å². The predicted octanol–water partition coefficient (Wildman–Crippen LogP) is 4.01. The van der Waals surface area contributed by atoms with Crippen LogP contribution in [0.25, 0.3) is 11.1 Å². The smallest absolute Gasteiger partial charge is 0.335 e. The molecule has 2 nitrogen and oxygen atoms in total. The molecule has 0 atom stereocenters. The zero-order valence-corrected chi connectivity index (χ0v) is 10.0. The minimum atomic E-state index is -0.911. The van der Waals surface area contributed by atoms with Crippen LogP contribution in [-0.2, 0) is 0 Å². The van der Waals surface area contributed by atoms with E-state index in [-0.39, 0.29) is 0 Å². The van der Waals surface area contributed by atoms with Crippen molar-refractivity contribution in [3.8, 4) is 11.1 Å². The molecule has 0 amide bonds. The first kappa shape index (κ1) is 11.7. The predicted molar refractivity (Wildman–Crippen MR) is 68.6 cm³/mol. The van der Waals surface area contributed by atoms with Crippen LogP contribution in [0.15, 0.2) is 42.5 Å². The van der Waals surface area contributed by atoms with Crippen molar-refractivity contribution in [3.05, 3.63) is 58.6 Å². The Hall–Kier alpha value is -1.80. The molecule has 2 rings (SSSR count). The quantitative estimate of drug-likeness (QED) is 0.869. The lowest BCUT2D eigenvalue weighted by Gasteiger charge is -2.09. The lowest BCUT2D eigenvalue weighted by Crippen LogP contribution is -2.00. The number of carboxylic acid groups (broad SMARTS) is 1. The number of halogens is 1. The number of benzene rings is 2. The summed E-state index contributed by atoms with van der Waals surface area (Å²) in [5, 5.41) is 9.71. The third-order valence-electron chi connectivity index (χ3n) is 2.70. The molecule has 0 saturated heterocycles. The van der Waals surface area contributed by atoms with E-state index in [0.717, 1.165) is 16.7 Å². The molecule has 2 aromatic carbocycles. The fourth-order valence-electron chi connectivity index (χ4n) is 1.84.